The average molecular weight is 280 g/mol. The van der Waals surface area contributed by atoms with Crippen LogP contribution in [0.2, 0.25) is 0 Å². The maximum Gasteiger partial charge on any atom is 0.0531 e. The molecule has 0 amide bonds. The molecule has 2 aliphatic heterocycles. The first kappa shape index (κ1) is 14.8. The van der Waals surface area contributed by atoms with Crippen molar-refractivity contribution >= 4 is 0 Å². The minimum Gasteiger partial charge on any atom is -0.384 e. The van der Waals surface area contributed by atoms with Crippen molar-refractivity contribution in [3.63, 3.8) is 0 Å². The van der Waals surface area contributed by atoms with E-state index in [2.05, 4.69) is 10.2 Å². The van der Waals surface area contributed by atoms with Crippen LogP contribution < -0.4 is 5.32 Å². The normalized spacial score (nSPS) is 34.6. The van der Waals surface area contributed by atoms with Gasteiger partial charge in [-0.2, -0.15) is 0 Å². The molecule has 2 saturated heterocycles. The zero-order valence-corrected chi connectivity index (χ0v) is 13.2. The summed E-state index contributed by atoms with van der Waals surface area (Å²) >= 11 is 0. The second-order valence-electron chi connectivity index (χ2n) is 7.51. The van der Waals surface area contributed by atoms with Crippen molar-refractivity contribution in [1.82, 2.24) is 10.2 Å². The average Bonchev–Trinajstić information content (AvgIpc) is 2.48. The molecule has 116 valence electrons. The maximum absolute atomic E-state index is 5.58. The van der Waals surface area contributed by atoms with Gasteiger partial charge in [-0.25, -0.2) is 0 Å². The van der Waals surface area contributed by atoms with Gasteiger partial charge in [-0.05, 0) is 57.2 Å². The third-order valence-corrected chi connectivity index (χ3v) is 6.05. The number of hydrogen-bond acceptors (Lipinski definition) is 3. The Kier molecular flexibility index (Phi) is 5.00. The van der Waals surface area contributed by atoms with Gasteiger partial charge in [0.25, 0.3) is 0 Å². The summed E-state index contributed by atoms with van der Waals surface area (Å²) in [6.45, 7) is 7.25. The highest BCUT2D eigenvalue weighted by molar-refractivity contribution is 4.91. The van der Waals surface area contributed by atoms with Crippen molar-refractivity contribution in [2.45, 2.75) is 44.9 Å². The Morgan fingerprint density at radius 3 is 2.60 bits per heavy atom. The fourth-order valence-electron chi connectivity index (χ4n) is 4.91. The Morgan fingerprint density at radius 2 is 1.85 bits per heavy atom. The smallest absolute Gasteiger partial charge is 0.0531 e. The summed E-state index contributed by atoms with van der Waals surface area (Å²) in [6.07, 6.45) is 9.97. The zero-order chi connectivity index (χ0) is 13.8. The number of likely N-dealkylation sites (tertiary alicyclic amines) is 1. The van der Waals surface area contributed by atoms with Crippen molar-refractivity contribution in [1.29, 1.82) is 0 Å². The van der Waals surface area contributed by atoms with Gasteiger partial charge in [0.05, 0.1) is 6.61 Å². The number of piperidine rings is 2. The third kappa shape index (κ3) is 3.37. The molecule has 1 saturated carbocycles. The van der Waals surface area contributed by atoms with E-state index in [1.807, 2.05) is 7.11 Å². The summed E-state index contributed by atoms with van der Waals surface area (Å²) in [5, 5.41) is 3.51. The fourth-order valence-corrected chi connectivity index (χ4v) is 4.91. The van der Waals surface area contributed by atoms with Crippen LogP contribution in [0.4, 0.5) is 0 Å². The minimum absolute atomic E-state index is 0.418. The fraction of sp³-hybridized carbons (Fsp3) is 1.00. The first-order chi connectivity index (χ1) is 9.81. The highest BCUT2D eigenvalue weighted by atomic mass is 16.5. The monoisotopic (exact) mass is 280 g/mol. The summed E-state index contributed by atoms with van der Waals surface area (Å²) in [5.41, 5.74) is 0.418. The SMILES string of the molecule is COCC1(CN2CCC3CCCCC3C2)CCNCC1. The maximum atomic E-state index is 5.58. The Balaban J connectivity index is 1.58. The van der Waals surface area contributed by atoms with E-state index in [1.54, 1.807) is 0 Å². The Labute approximate surface area is 124 Å². The van der Waals surface area contributed by atoms with Crippen LogP contribution in [-0.2, 0) is 4.74 Å². The van der Waals surface area contributed by atoms with Gasteiger partial charge in [-0.1, -0.05) is 19.3 Å². The summed E-state index contributed by atoms with van der Waals surface area (Å²) in [6, 6.07) is 0. The Hall–Kier alpha value is -0.120. The van der Waals surface area contributed by atoms with Gasteiger partial charge < -0.3 is 15.0 Å². The van der Waals surface area contributed by atoms with Gasteiger partial charge in [0.1, 0.15) is 0 Å². The van der Waals surface area contributed by atoms with E-state index >= 15 is 0 Å². The quantitative estimate of drug-likeness (QED) is 0.856. The second-order valence-corrected chi connectivity index (χ2v) is 7.51. The van der Waals surface area contributed by atoms with Crippen molar-refractivity contribution in [3.8, 4) is 0 Å². The lowest BCUT2D eigenvalue weighted by Crippen LogP contribution is -2.51. The first-order valence-electron chi connectivity index (χ1n) is 8.73. The molecule has 2 unspecified atom stereocenters. The van der Waals surface area contributed by atoms with Crippen molar-refractivity contribution in [3.05, 3.63) is 0 Å². The van der Waals surface area contributed by atoms with Gasteiger partial charge >= 0.3 is 0 Å². The van der Waals surface area contributed by atoms with Crippen LogP contribution in [0.1, 0.15) is 44.9 Å². The number of rotatable bonds is 4. The highest BCUT2D eigenvalue weighted by Gasteiger charge is 2.37. The molecule has 3 nitrogen and oxygen atoms in total. The summed E-state index contributed by atoms with van der Waals surface area (Å²) in [5.74, 6) is 2.05. The van der Waals surface area contributed by atoms with Crippen molar-refractivity contribution in [2.24, 2.45) is 17.3 Å². The van der Waals surface area contributed by atoms with E-state index in [4.69, 9.17) is 4.74 Å². The summed E-state index contributed by atoms with van der Waals surface area (Å²) in [7, 11) is 1.87. The van der Waals surface area contributed by atoms with Gasteiger partial charge in [-0.15, -0.1) is 0 Å². The summed E-state index contributed by atoms with van der Waals surface area (Å²) in [4.78, 5) is 2.77. The molecule has 3 aliphatic rings. The topological polar surface area (TPSA) is 24.5 Å². The molecule has 3 fully saturated rings. The minimum atomic E-state index is 0.418. The zero-order valence-electron chi connectivity index (χ0n) is 13.2. The van der Waals surface area contributed by atoms with E-state index in [-0.39, 0.29) is 0 Å². The van der Waals surface area contributed by atoms with E-state index in [0.29, 0.717) is 5.41 Å². The number of nitrogens with one attached hydrogen (secondary N) is 1. The molecule has 1 aliphatic carbocycles. The predicted octanol–water partition coefficient (Wildman–Crippen LogP) is 2.51. The van der Waals surface area contributed by atoms with Crippen LogP contribution in [0.3, 0.4) is 0 Å². The molecule has 2 heterocycles. The van der Waals surface area contributed by atoms with Crippen LogP contribution in [0.5, 0.6) is 0 Å². The lowest BCUT2D eigenvalue weighted by molar-refractivity contribution is -0.00309. The Morgan fingerprint density at radius 1 is 1.10 bits per heavy atom. The molecular weight excluding hydrogens is 248 g/mol. The molecule has 3 rings (SSSR count). The molecule has 1 N–H and O–H groups in total. The molecule has 3 heteroatoms. The molecule has 20 heavy (non-hydrogen) atoms. The first-order valence-corrected chi connectivity index (χ1v) is 8.73. The van der Waals surface area contributed by atoms with Crippen LogP contribution in [0, 0.1) is 17.3 Å². The van der Waals surface area contributed by atoms with Gasteiger partial charge in [0, 0.05) is 25.6 Å². The predicted molar refractivity (Wildman–Crippen MR) is 82.9 cm³/mol. The highest BCUT2D eigenvalue weighted by Crippen LogP contribution is 2.38. The lowest BCUT2D eigenvalue weighted by atomic mass is 9.73. The Bertz CT molecular complexity index is 296. The van der Waals surface area contributed by atoms with Crippen LogP contribution in [0.15, 0.2) is 0 Å². The van der Waals surface area contributed by atoms with Crippen LogP contribution in [-0.4, -0.2) is 51.3 Å². The van der Waals surface area contributed by atoms with Gasteiger partial charge in [-0.3, -0.25) is 0 Å². The third-order valence-electron chi connectivity index (χ3n) is 6.05. The standard InChI is InChI=1S/C17H32N2O/c1-20-14-17(7-9-18-10-8-17)13-19-11-6-15-4-2-3-5-16(15)12-19/h15-16,18H,2-14H2,1H3. The molecule has 0 aromatic rings. The van der Waals surface area contributed by atoms with E-state index in [0.717, 1.165) is 18.4 Å². The number of nitrogens with zero attached hydrogens (tertiary/aromatic N) is 1. The van der Waals surface area contributed by atoms with E-state index in [1.165, 1.54) is 77.7 Å². The lowest BCUT2D eigenvalue weighted by Gasteiger charge is -2.46. The van der Waals surface area contributed by atoms with Crippen molar-refractivity contribution < 1.29 is 4.74 Å². The molecule has 0 spiro atoms. The van der Waals surface area contributed by atoms with Gasteiger partial charge in [0.2, 0.25) is 0 Å². The number of ether oxygens (including phenoxy) is 1. The molecule has 0 aromatic heterocycles. The molecule has 2 atom stereocenters. The molecule has 0 radical (unpaired) electrons. The number of methoxy groups -OCH3 is 1. The molecule has 0 aromatic carbocycles. The van der Waals surface area contributed by atoms with Crippen molar-refractivity contribution in [2.75, 3.05) is 46.4 Å². The second kappa shape index (κ2) is 6.76. The van der Waals surface area contributed by atoms with Crippen LogP contribution >= 0.6 is 0 Å². The van der Waals surface area contributed by atoms with Crippen LogP contribution in [0.25, 0.3) is 0 Å². The summed E-state index contributed by atoms with van der Waals surface area (Å²) < 4.78 is 5.58. The number of fused-ring (bicyclic) bond motifs is 1. The number of hydrogen-bond donors (Lipinski definition) is 1. The van der Waals surface area contributed by atoms with E-state index < -0.39 is 0 Å². The van der Waals surface area contributed by atoms with Gasteiger partial charge in [0.15, 0.2) is 0 Å². The van der Waals surface area contributed by atoms with E-state index in [9.17, 15) is 0 Å². The molecular formula is C17H32N2O. The largest absolute Gasteiger partial charge is 0.384 e. The molecule has 0 bridgehead atoms.